The maximum atomic E-state index is 14.2. The van der Waals surface area contributed by atoms with E-state index in [2.05, 4.69) is 114 Å². The van der Waals surface area contributed by atoms with E-state index in [1.54, 1.807) is 12.1 Å². The van der Waals surface area contributed by atoms with E-state index in [0.29, 0.717) is 0 Å². The van der Waals surface area contributed by atoms with Crippen LogP contribution in [-0.4, -0.2) is 0 Å². The van der Waals surface area contributed by atoms with Crippen LogP contribution in [-0.2, 0) is 0 Å². The lowest BCUT2D eigenvalue weighted by atomic mass is 9.91. The van der Waals surface area contributed by atoms with Crippen molar-refractivity contribution in [2.75, 3.05) is 4.90 Å². The summed E-state index contributed by atoms with van der Waals surface area (Å²) in [6.07, 6.45) is 0. The van der Waals surface area contributed by atoms with Gasteiger partial charge in [-0.1, -0.05) is 97.1 Å². The molecule has 0 heterocycles. The first-order valence-electron chi connectivity index (χ1n) is 13.6. The molecule has 0 aromatic heterocycles. The summed E-state index contributed by atoms with van der Waals surface area (Å²) in [7, 11) is 0. The number of benzene rings is 9. The molecule has 9 aromatic rings. The molecule has 0 atom stereocenters. The van der Waals surface area contributed by atoms with Crippen LogP contribution < -0.4 is 4.90 Å². The second-order valence-corrected chi connectivity index (χ2v) is 10.7. The van der Waals surface area contributed by atoms with Crippen molar-refractivity contribution < 1.29 is 4.39 Å². The summed E-state index contributed by atoms with van der Waals surface area (Å²) < 4.78 is 14.2. The average molecular weight is 512 g/mol. The lowest BCUT2D eigenvalue weighted by Gasteiger charge is -2.29. The number of rotatable bonds is 3. The predicted molar refractivity (Wildman–Crippen MR) is 168 cm³/mol. The highest BCUT2D eigenvalue weighted by Gasteiger charge is 2.21. The molecule has 0 unspecified atom stereocenters. The molecular formula is C38H22FN. The van der Waals surface area contributed by atoms with Crippen LogP contribution in [0.2, 0.25) is 0 Å². The second-order valence-electron chi connectivity index (χ2n) is 10.7. The number of nitrogens with zero attached hydrogens (tertiary/aromatic N) is 1. The second kappa shape index (κ2) is 7.91. The Labute approximate surface area is 230 Å². The zero-order valence-corrected chi connectivity index (χ0v) is 21.5. The first kappa shape index (κ1) is 21.7. The van der Waals surface area contributed by atoms with Crippen molar-refractivity contribution in [3.05, 3.63) is 139 Å². The van der Waals surface area contributed by atoms with Gasteiger partial charge < -0.3 is 4.90 Å². The van der Waals surface area contributed by atoms with Gasteiger partial charge in [-0.2, -0.15) is 0 Å². The molecule has 0 aliphatic rings. The molecule has 1 nitrogen and oxygen atoms in total. The Balaban J connectivity index is 1.42. The summed E-state index contributed by atoms with van der Waals surface area (Å²) in [5.41, 5.74) is 3.08. The Morgan fingerprint density at radius 1 is 0.350 bits per heavy atom. The minimum atomic E-state index is -0.241. The highest BCUT2D eigenvalue weighted by atomic mass is 19.1. The van der Waals surface area contributed by atoms with Gasteiger partial charge in [0.25, 0.3) is 0 Å². The zero-order chi connectivity index (χ0) is 26.4. The van der Waals surface area contributed by atoms with Gasteiger partial charge in [0.15, 0.2) is 0 Å². The third-order valence-corrected chi connectivity index (χ3v) is 8.58. The van der Waals surface area contributed by atoms with Gasteiger partial charge in [0.05, 0.1) is 11.4 Å². The fourth-order valence-corrected chi connectivity index (χ4v) is 6.83. The monoisotopic (exact) mass is 511 g/mol. The molecule has 2 heteroatoms. The summed E-state index contributed by atoms with van der Waals surface area (Å²) in [6.45, 7) is 0. The summed E-state index contributed by atoms with van der Waals surface area (Å²) in [4.78, 5) is 2.30. The van der Waals surface area contributed by atoms with Crippen LogP contribution in [0.5, 0.6) is 0 Å². The third-order valence-electron chi connectivity index (χ3n) is 8.58. The van der Waals surface area contributed by atoms with Crippen LogP contribution in [0.4, 0.5) is 21.5 Å². The highest BCUT2D eigenvalue weighted by Crippen LogP contribution is 2.47. The van der Waals surface area contributed by atoms with Crippen LogP contribution in [0, 0.1) is 5.82 Å². The molecule has 0 aliphatic carbocycles. The lowest BCUT2D eigenvalue weighted by Crippen LogP contribution is -2.11. The molecule has 0 spiro atoms. The predicted octanol–water partition coefficient (Wildman–Crippen LogP) is 11.1. The summed E-state index contributed by atoms with van der Waals surface area (Å²) in [5, 5.41) is 14.8. The van der Waals surface area contributed by atoms with Crippen molar-refractivity contribution in [1.82, 2.24) is 0 Å². The molecular weight excluding hydrogens is 489 g/mol. The van der Waals surface area contributed by atoms with Crippen molar-refractivity contribution in [2.24, 2.45) is 0 Å². The van der Waals surface area contributed by atoms with Gasteiger partial charge in [0, 0.05) is 16.5 Å². The van der Waals surface area contributed by atoms with Crippen molar-refractivity contribution in [3.63, 3.8) is 0 Å². The smallest absolute Gasteiger partial charge is 0.123 e. The third kappa shape index (κ3) is 2.91. The van der Waals surface area contributed by atoms with E-state index in [-0.39, 0.29) is 5.82 Å². The Hall–Kier alpha value is -5.21. The van der Waals surface area contributed by atoms with E-state index in [1.807, 2.05) is 12.1 Å². The molecule has 0 N–H and O–H groups in total. The van der Waals surface area contributed by atoms with Gasteiger partial charge in [-0.25, -0.2) is 4.39 Å². The molecule has 0 saturated carbocycles. The largest absolute Gasteiger partial charge is 0.309 e. The van der Waals surface area contributed by atoms with E-state index in [0.717, 1.165) is 17.1 Å². The molecule has 40 heavy (non-hydrogen) atoms. The van der Waals surface area contributed by atoms with Crippen molar-refractivity contribution in [1.29, 1.82) is 0 Å². The topological polar surface area (TPSA) is 3.24 Å². The van der Waals surface area contributed by atoms with Gasteiger partial charge in [-0.05, 0) is 90.3 Å². The van der Waals surface area contributed by atoms with Crippen LogP contribution in [0.25, 0.3) is 64.6 Å². The molecule has 0 amide bonds. The van der Waals surface area contributed by atoms with Gasteiger partial charge in [0.1, 0.15) is 5.82 Å². The molecule has 9 aromatic carbocycles. The minimum Gasteiger partial charge on any atom is -0.309 e. The maximum absolute atomic E-state index is 14.2. The van der Waals surface area contributed by atoms with Gasteiger partial charge in [-0.15, -0.1) is 0 Å². The first-order valence-corrected chi connectivity index (χ1v) is 13.6. The van der Waals surface area contributed by atoms with Crippen LogP contribution in [0.15, 0.2) is 133 Å². The Kier molecular flexibility index (Phi) is 4.29. The molecule has 0 fully saturated rings. The summed E-state index contributed by atoms with van der Waals surface area (Å²) >= 11 is 0. The van der Waals surface area contributed by atoms with Crippen LogP contribution in [0.1, 0.15) is 0 Å². The Morgan fingerprint density at radius 3 is 1.18 bits per heavy atom. The molecule has 0 bridgehead atoms. The average Bonchev–Trinajstić information content (AvgIpc) is 3.01. The number of halogens is 1. The SMILES string of the molecule is Fc1ccc(N(c2ccc3ccc4cccc5ccc2c3c45)c2ccc3ccc4cccc5ccc2c3c45)cc1. The highest BCUT2D eigenvalue weighted by molar-refractivity contribution is 6.28. The number of hydrogen-bond acceptors (Lipinski definition) is 1. The maximum Gasteiger partial charge on any atom is 0.123 e. The fraction of sp³-hybridized carbons (Fsp3) is 0. The van der Waals surface area contributed by atoms with Crippen LogP contribution in [0.3, 0.4) is 0 Å². The van der Waals surface area contributed by atoms with Crippen molar-refractivity contribution in [2.45, 2.75) is 0 Å². The number of anilines is 3. The van der Waals surface area contributed by atoms with Crippen molar-refractivity contribution >= 4 is 81.7 Å². The van der Waals surface area contributed by atoms with Gasteiger partial charge in [-0.3, -0.25) is 0 Å². The first-order chi connectivity index (χ1) is 19.7. The fourth-order valence-electron chi connectivity index (χ4n) is 6.83. The van der Waals surface area contributed by atoms with E-state index in [4.69, 9.17) is 0 Å². The summed E-state index contributed by atoms with van der Waals surface area (Å²) in [6, 6.07) is 46.5. The molecule has 9 rings (SSSR count). The lowest BCUT2D eigenvalue weighted by molar-refractivity contribution is 0.628. The van der Waals surface area contributed by atoms with Crippen LogP contribution >= 0.6 is 0 Å². The molecule has 0 aliphatic heterocycles. The standard InChI is InChI=1S/C38H22FN/c39-29-15-17-30(18-16-29)40(33-21-13-27-9-7-23-3-1-5-25-11-19-31(33)37(27)35(23)25)34-22-14-28-10-8-24-4-2-6-26-12-20-32(34)38(28)36(24)26/h1-22H. The van der Waals surface area contributed by atoms with E-state index in [1.165, 1.54) is 64.6 Å². The van der Waals surface area contributed by atoms with E-state index >= 15 is 0 Å². The van der Waals surface area contributed by atoms with E-state index in [9.17, 15) is 4.39 Å². The molecule has 0 saturated heterocycles. The quantitative estimate of drug-likeness (QED) is 0.213. The van der Waals surface area contributed by atoms with Gasteiger partial charge in [0.2, 0.25) is 0 Å². The summed E-state index contributed by atoms with van der Waals surface area (Å²) in [5.74, 6) is -0.241. The molecule has 186 valence electrons. The van der Waals surface area contributed by atoms with E-state index < -0.39 is 0 Å². The van der Waals surface area contributed by atoms with Crippen molar-refractivity contribution in [3.8, 4) is 0 Å². The Bertz CT molecular complexity index is 2210. The number of hydrogen-bond donors (Lipinski definition) is 0. The molecule has 0 radical (unpaired) electrons. The minimum absolute atomic E-state index is 0.241. The Morgan fingerprint density at radius 2 is 0.725 bits per heavy atom. The zero-order valence-electron chi connectivity index (χ0n) is 21.5. The van der Waals surface area contributed by atoms with Gasteiger partial charge >= 0.3 is 0 Å². The normalized spacial score (nSPS) is 12.1.